The number of ether oxygens (including phenoxy) is 1. The van der Waals surface area contributed by atoms with Crippen molar-refractivity contribution in [3.05, 3.63) is 30.3 Å². The molecular formula is C22H37IN4OS. The summed E-state index contributed by atoms with van der Waals surface area (Å²) in [6.07, 6.45) is 5.18. The Morgan fingerprint density at radius 2 is 1.93 bits per heavy atom. The number of hydrogen-bond donors (Lipinski definition) is 2. The van der Waals surface area contributed by atoms with E-state index in [4.69, 9.17) is 4.74 Å². The van der Waals surface area contributed by atoms with Gasteiger partial charge in [0.25, 0.3) is 0 Å². The lowest BCUT2D eigenvalue weighted by Crippen LogP contribution is -2.50. The van der Waals surface area contributed by atoms with E-state index in [0.29, 0.717) is 16.9 Å². The number of aliphatic imine (C=N–C) groups is 1. The van der Waals surface area contributed by atoms with Gasteiger partial charge in [-0.25, -0.2) is 0 Å². The first-order valence-electron chi connectivity index (χ1n) is 10.6. The number of nitrogens with zero attached hydrogens (tertiary/aromatic N) is 2. The van der Waals surface area contributed by atoms with E-state index in [0.717, 1.165) is 51.6 Å². The molecule has 3 rings (SSSR count). The number of guanidine groups is 1. The van der Waals surface area contributed by atoms with E-state index in [1.165, 1.54) is 17.7 Å². The fraction of sp³-hybridized carbons (Fsp3) is 0.682. The number of likely N-dealkylation sites (tertiary alicyclic amines) is 1. The Morgan fingerprint density at radius 3 is 2.52 bits per heavy atom. The Balaban J connectivity index is 0.00000300. The predicted octanol–water partition coefficient (Wildman–Crippen LogP) is 3.98. The van der Waals surface area contributed by atoms with Crippen LogP contribution in [0.4, 0.5) is 0 Å². The molecule has 0 unspecified atom stereocenters. The third-order valence-electron chi connectivity index (χ3n) is 5.47. The van der Waals surface area contributed by atoms with E-state index in [1.807, 2.05) is 18.8 Å². The predicted molar refractivity (Wildman–Crippen MR) is 135 cm³/mol. The lowest BCUT2D eigenvalue weighted by molar-refractivity contribution is 0.0532. The second kappa shape index (κ2) is 12.4. The van der Waals surface area contributed by atoms with E-state index < -0.39 is 0 Å². The molecule has 0 radical (unpaired) electrons. The number of nitrogens with one attached hydrogen (secondary N) is 2. The van der Waals surface area contributed by atoms with Crippen LogP contribution in [0, 0.1) is 0 Å². The van der Waals surface area contributed by atoms with Crippen LogP contribution in [0.5, 0.6) is 0 Å². The molecule has 29 heavy (non-hydrogen) atoms. The molecule has 2 fully saturated rings. The normalized spacial score (nSPS) is 19.7. The molecule has 1 aromatic rings. The van der Waals surface area contributed by atoms with Crippen molar-refractivity contribution < 1.29 is 4.74 Å². The van der Waals surface area contributed by atoms with Crippen molar-refractivity contribution in [2.75, 3.05) is 39.8 Å². The van der Waals surface area contributed by atoms with Gasteiger partial charge in [0.15, 0.2) is 5.96 Å². The Hall–Kier alpha value is -0.510. The summed E-state index contributed by atoms with van der Waals surface area (Å²) in [5, 5.41) is 7.22. The van der Waals surface area contributed by atoms with Gasteiger partial charge in [0.1, 0.15) is 0 Å². The van der Waals surface area contributed by atoms with Gasteiger partial charge in [-0.15, -0.1) is 35.7 Å². The highest BCUT2D eigenvalue weighted by Gasteiger charge is 2.43. The van der Waals surface area contributed by atoms with Crippen molar-refractivity contribution in [3.8, 4) is 0 Å². The second-order valence-corrected chi connectivity index (χ2v) is 9.75. The van der Waals surface area contributed by atoms with Gasteiger partial charge in [0, 0.05) is 48.9 Å². The fourth-order valence-electron chi connectivity index (χ4n) is 3.54. The molecule has 7 heteroatoms. The quantitative estimate of drug-likeness (QED) is 0.286. The van der Waals surface area contributed by atoms with Gasteiger partial charge in [0.2, 0.25) is 0 Å². The number of benzene rings is 1. The van der Waals surface area contributed by atoms with Crippen molar-refractivity contribution in [2.45, 2.75) is 61.3 Å². The van der Waals surface area contributed by atoms with E-state index in [-0.39, 0.29) is 24.0 Å². The molecule has 1 heterocycles. The number of hydrogen-bond acceptors (Lipinski definition) is 4. The first-order chi connectivity index (χ1) is 13.6. The maximum absolute atomic E-state index is 5.68. The molecule has 1 saturated carbocycles. The molecule has 2 N–H and O–H groups in total. The summed E-state index contributed by atoms with van der Waals surface area (Å²) < 4.78 is 6.01. The average Bonchev–Trinajstić information content (AvgIpc) is 3.46. The summed E-state index contributed by atoms with van der Waals surface area (Å²) in [6, 6.07) is 11.2. The monoisotopic (exact) mass is 532 g/mol. The van der Waals surface area contributed by atoms with E-state index in [9.17, 15) is 0 Å². The zero-order chi connectivity index (χ0) is 19.8. The highest BCUT2D eigenvalue weighted by atomic mass is 127. The van der Waals surface area contributed by atoms with Gasteiger partial charge in [-0.1, -0.05) is 18.2 Å². The van der Waals surface area contributed by atoms with Gasteiger partial charge in [0.05, 0.1) is 12.7 Å². The summed E-state index contributed by atoms with van der Waals surface area (Å²) in [5.41, 5.74) is 0. The van der Waals surface area contributed by atoms with Crippen LogP contribution in [0.3, 0.4) is 0 Å². The SMILES string of the molecule is CN=C(NCC1(Sc2ccccc2)CC1)NC1CCN(CCOC(C)C)CC1.I. The molecule has 0 amide bonds. The largest absolute Gasteiger partial charge is 0.377 e. The summed E-state index contributed by atoms with van der Waals surface area (Å²) in [7, 11) is 1.87. The zero-order valence-electron chi connectivity index (χ0n) is 18.0. The molecule has 164 valence electrons. The average molecular weight is 533 g/mol. The minimum absolute atomic E-state index is 0. The second-order valence-electron chi connectivity index (χ2n) is 8.20. The van der Waals surface area contributed by atoms with Crippen LogP contribution in [0.1, 0.15) is 39.5 Å². The van der Waals surface area contributed by atoms with Crippen LogP contribution in [-0.2, 0) is 4.74 Å². The Bertz CT molecular complexity index is 616. The number of piperidine rings is 1. The number of thioether (sulfide) groups is 1. The summed E-state index contributed by atoms with van der Waals surface area (Å²) in [5.74, 6) is 0.946. The molecule has 1 aromatic carbocycles. The fourth-order valence-corrected chi connectivity index (χ4v) is 4.79. The third-order valence-corrected chi connectivity index (χ3v) is 6.97. The van der Waals surface area contributed by atoms with E-state index in [2.05, 4.69) is 64.7 Å². The van der Waals surface area contributed by atoms with Crippen LogP contribution < -0.4 is 10.6 Å². The molecule has 0 bridgehead atoms. The molecule has 1 saturated heterocycles. The molecule has 5 nitrogen and oxygen atoms in total. The molecule has 0 spiro atoms. The van der Waals surface area contributed by atoms with Crippen molar-refractivity contribution in [1.29, 1.82) is 0 Å². The van der Waals surface area contributed by atoms with Gasteiger partial charge in [-0.2, -0.15) is 0 Å². The first kappa shape index (κ1) is 24.8. The Labute approximate surface area is 197 Å². The van der Waals surface area contributed by atoms with Crippen molar-refractivity contribution in [2.24, 2.45) is 4.99 Å². The van der Waals surface area contributed by atoms with Crippen LogP contribution in [0.15, 0.2) is 40.2 Å². The summed E-state index contributed by atoms with van der Waals surface area (Å²) in [6.45, 7) is 9.29. The molecule has 0 aromatic heterocycles. The third kappa shape index (κ3) is 8.63. The molecule has 0 atom stereocenters. The van der Waals surface area contributed by atoms with Crippen LogP contribution in [0.2, 0.25) is 0 Å². The van der Waals surface area contributed by atoms with Crippen LogP contribution in [-0.4, -0.2) is 67.6 Å². The van der Waals surface area contributed by atoms with Gasteiger partial charge in [-0.3, -0.25) is 4.99 Å². The molecule has 1 aliphatic carbocycles. The Kier molecular flexibility index (Phi) is 10.6. The standard InChI is InChI=1S/C22H36N4OS.HI/c1-18(2)27-16-15-26-13-9-19(10-14-26)25-21(23-3)24-17-22(11-12-22)28-20-7-5-4-6-8-20;/h4-8,18-19H,9-17H2,1-3H3,(H2,23,24,25);1H. The number of rotatable bonds is 9. The maximum Gasteiger partial charge on any atom is 0.191 e. The molecule has 2 aliphatic rings. The van der Waals surface area contributed by atoms with Crippen molar-refractivity contribution in [3.63, 3.8) is 0 Å². The van der Waals surface area contributed by atoms with Crippen LogP contribution >= 0.6 is 35.7 Å². The van der Waals surface area contributed by atoms with Crippen LogP contribution in [0.25, 0.3) is 0 Å². The van der Waals surface area contributed by atoms with Crippen molar-refractivity contribution >= 4 is 41.7 Å². The molecule has 1 aliphatic heterocycles. The summed E-state index contributed by atoms with van der Waals surface area (Å²) in [4.78, 5) is 8.33. The lowest BCUT2D eigenvalue weighted by Gasteiger charge is -2.33. The smallest absolute Gasteiger partial charge is 0.191 e. The Morgan fingerprint density at radius 1 is 1.24 bits per heavy atom. The molecular weight excluding hydrogens is 495 g/mol. The maximum atomic E-state index is 5.68. The first-order valence-corrected chi connectivity index (χ1v) is 11.5. The summed E-state index contributed by atoms with van der Waals surface area (Å²) >= 11 is 2.00. The highest BCUT2D eigenvalue weighted by molar-refractivity contribution is 14.0. The van der Waals surface area contributed by atoms with Gasteiger partial charge >= 0.3 is 0 Å². The zero-order valence-corrected chi connectivity index (χ0v) is 21.2. The van der Waals surface area contributed by atoms with E-state index in [1.54, 1.807) is 0 Å². The topological polar surface area (TPSA) is 48.9 Å². The number of halogens is 1. The van der Waals surface area contributed by atoms with E-state index >= 15 is 0 Å². The van der Waals surface area contributed by atoms with Crippen molar-refractivity contribution in [1.82, 2.24) is 15.5 Å². The lowest BCUT2D eigenvalue weighted by atomic mass is 10.1. The van der Waals surface area contributed by atoms with Gasteiger partial charge < -0.3 is 20.3 Å². The minimum atomic E-state index is 0. The minimum Gasteiger partial charge on any atom is -0.377 e. The van der Waals surface area contributed by atoms with Gasteiger partial charge in [-0.05, 0) is 51.7 Å². The highest BCUT2D eigenvalue weighted by Crippen LogP contribution is 2.51.